The van der Waals surface area contributed by atoms with Gasteiger partial charge in [-0.25, -0.2) is 4.98 Å². The summed E-state index contributed by atoms with van der Waals surface area (Å²) < 4.78 is 11.0. The summed E-state index contributed by atoms with van der Waals surface area (Å²) in [7, 11) is 0. The molecule has 3 aliphatic rings. The minimum Gasteiger partial charge on any atom is -0.454 e. The Morgan fingerprint density at radius 1 is 1.00 bits per heavy atom. The summed E-state index contributed by atoms with van der Waals surface area (Å²) in [6.45, 7) is 4.33. The van der Waals surface area contributed by atoms with Gasteiger partial charge in [-0.1, -0.05) is 50.2 Å². The number of fused-ring (bicyclic) bond motifs is 2. The maximum absolute atomic E-state index is 13.5. The van der Waals surface area contributed by atoms with Gasteiger partial charge in [-0.3, -0.25) is 9.59 Å². The number of nitrogens with zero attached hydrogens (tertiary/aromatic N) is 1. The minimum atomic E-state index is -0.532. The first-order valence-corrected chi connectivity index (χ1v) is 11.0. The van der Waals surface area contributed by atoms with Crippen molar-refractivity contribution in [3.8, 4) is 22.9 Å². The van der Waals surface area contributed by atoms with E-state index < -0.39 is 5.92 Å². The Balaban J connectivity index is 1.57. The van der Waals surface area contributed by atoms with Crippen LogP contribution in [0.3, 0.4) is 0 Å². The van der Waals surface area contributed by atoms with Gasteiger partial charge in [0.1, 0.15) is 11.6 Å². The molecule has 2 aliphatic heterocycles. The number of H-pyrrole nitrogens is 1. The summed E-state index contributed by atoms with van der Waals surface area (Å²) in [5, 5.41) is 3.36. The van der Waals surface area contributed by atoms with E-state index in [4.69, 9.17) is 14.5 Å². The Labute approximate surface area is 190 Å². The number of ether oxygens (including phenoxy) is 2. The van der Waals surface area contributed by atoms with E-state index in [1.165, 1.54) is 0 Å². The molecule has 0 saturated carbocycles. The lowest BCUT2D eigenvalue weighted by atomic mass is 9.69. The molecular formula is C26H23N3O4. The lowest BCUT2D eigenvalue weighted by molar-refractivity contribution is -0.118. The first-order chi connectivity index (χ1) is 15.9. The number of Topliss-reactive ketones (excluding diaryl/α,β-unsaturated/α-hetero) is 1. The number of benzene rings is 2. The second-order valence-electron chi connectivity index (χ2n) is 9.55. The van der Waals surface area contributed by atoms with Crippen LogP contribution in [0.25, 0.3) is 11.4 Å². The van der Waals surface area contributed by atoms with Crippen LogP contribution < -0.4 is 20.3 Å². The monoisotopic (exact) mass is 441 g/mol. The predicted octanol–water partition coefficient (Wildman–Crippen LogP) is 4.37. The second-order valence-corrected chi connectivity index (χ2v) is 9.55. The molecule has 6 rings (SSSR count). The molecule has 7 heteroatoms. The fraction of sp³-hybridized carbons (Fsp3) is 0.269. The number of carbonyl (C=O) groups excluding carboxylic acids is 1. The molecule has 33 heavy (non-hydrogen) atoms. The third-order valence-corrected chi connectivity index (χ3v) is 6.50. The molecule has 0 radical (unpaired) electrons. The Bertz CT molecular complexity index is 1390. The fourth-order valence-corrected chi connectivity index (χ4v) is 5.07. The van der Waals surface area contributed by atoms with Crippen molar-refractivity contribution in [3.05, 3.63) is 81.3 Å². The van der Waals surface area contributed by atoms with Crippen molar-refractivity contribution < 1.29 is 14.3 Å². The Morgan fingerprint density at radius 3 is 2.61 bits per heavy atom. The minimum absolute atomic E-state index is 0.0496. The zero-order valence-electron chi connectivity index (χ0n) is 18.4. The number of hydrogen-bond donors (Lipinski definition) is 2. The molecule has 0 unspecified atom stereocenters. The second kappa shape index (κ2) is 7.07. The molecule has 2 N–H and O–H groups in total. The van der Waals surface area contributed by atoms with Crippen LogP contribution in [0.5, 0.6) is 11.5 Å². The van der Waals surface area contributed by atoms with Gasteiger partial charge in [0.15, 0.2) is 17.3 Å². The summed E-state index contributed by atoms with van der Waals surface area (Å²) in [6.07, 6.45) is 1.13. The van der Waals surface area contributed by atoms with Gasteiger partial charge >= 0.3 is 0 Å². The molecule has 3 aromatic rings. The van der Waals surface area contributed by atoms with E-state index in [0.717, 1.165) is 16.8 Å². The number of anilines is 1. The zero-order chi connectivity index (χ0) is 22.7. The van der Waals surface area contributed by atoms with Crippen LogP contribution in [-0.4, -0.2) is 22.5 Å². The first kappa shape index (κ1) is 19.8. The van der Waals surface area contributed by atoms with Crippen LogP contribution in [0.4, 0.5) is 5.82 Å². The van der Waals surface area contributed by atoms with Gasteiger partial charge in [0.05, 0.1) is 5.56 Å². The summed E-state index contributed by atoms with van der Waals surface area (Å²) in [6, 6.07) is 15.1. The van der Waals surface area contributed by atoms with Gasteiger partial charge in [-0.05, 0) is 29.5 Å². The van der Waals surface area contributed by atoms with Gasteiger partial charge in [0.25, 0.3) is 5.56 Å². The van der Waals surface area contributed by atoms with E-state index in [1.54, 1.807) is 0 Å². The van der Waals surface area contributed by atoms with Crippen molar-refractivity contribution in [3.63, 3.8) is 0 Å². The van der Waals surface area contributed by atoms with E-state index in [2.05, 4.69) is 24.1 Å². The molecule has 0 saturated heterocycles. The number of aromatic nitrogens is 2. The van der Waals surface area contributed by atoms with E-state index in [0.29, 0.717) is 47.1 Å². The quantitative estimate of drug-likeness (QED) is 0.614. The third kappa shape index (κ3) is 3.23. The number of nitrogens with one attached hydrogen (secondary N) is 2. The van der Waals surface area contributed by atoms with Crippen molar-refractivity contribution >= 4 is 11.6 Å². The maximum Gasteiger partial charge on any atom is 0.257 e. The molecule has 0 fully saturated rings. The topological polar surface area (TPSA) is 93.3 Å². The number of aromatic amines is 1. The normalized spacial score (nSPS) is 20.2. The Morgan fingerprint density at radius 2 is 1.79 bits per heavy atom. The maximum atomic E-state index is 13.5. The molecule has 0 spiro atoms. The van der Waals surface area contributed by atoms with Crippen molar-refractivity contribution in [2.24, 2.45) is 5.41 Å². The SMILES string of the molecule is CC1(C)CC(=O)C2=C(C1)Nc1nc(-c3ccccc3)[nH]c(=O)c1[C@@H]2c1ccc2c(c1)OCO2. The van der Waals surface area contributed by atoms with Crippen LogP contribution in [0.15, 0.2) is 64.6 Å². The third-order valence-electron chi connectivity index (χ3n) is 6.50. The number of rotatable bonds is 2. The van der Waals surface area contributed by atoms with E-state index >= 15 is 0 Å². The van der Waals surface area contributed by atoms with Crippen molar-refractivity contribution in [2.45, 2.75) is 32.6 Å². The highest BCUT2D eigenvalue weighted by Crippen LogP contribution is 2.49. The first-order valence-electron chi connectivity index (χ1n) is 11.0. The fourth-order valence-electron chi connectivity index (χ4n) is 5.07. The van der Waals surface area contributed by atoms with Gasteiger partial charge in [0, 0.05) is 29.2 Å². The smallest absolute Gasteiger partial charge is 0.257 e. The molecule has 2 aromatic carbocycles. The van der Waals surface area contributed by atoms with Crippen LogP contribution in [0, 0.1) is 5.41 Å². The zero-order valence-corrected chi connectivity index (χ0v) is 18.4. The van der Waals surface area contributed by atoms with Gasteiger partial charge in [0.2, 0.25) is 6.79 Å². The van der Waals surface area contributed by atoms with Crippen molar-refractivity contribution in [1.29, 1.82) is 0 Å². The van der Waals surface area contributed by atoms with Crippen LogP contribution >= 0.6 is 0 Å². The van der Waals surface area contributed by atoms with Gasteiger partial charge in [-0.2, -0.15) is 0 Å². The molecular weight excluding hydrogens is 418 g/mol. The van der Waals surface area contributed by atoms with Crippen molar-refractivity contribution in [2.75, 3.05) is 12.1 Å². The molecule has 1 atom stereocenters. The summed E-state index contributed by atoms with van der Waals surface area (Å²) in [5.41, 5.74) is 3.10. The lowest BCUT2D eigenvalue weighted by Gasteiger charge is -2.38. The summed E-state index contributed by atoms with van der Waals surface area (Å²) >= 11 is 0. The number of ketones is 1. The summed E-state index contributed by atoms with van der Waals surface area (Å²) in [4.78, 5) is 34.6. The highest BCUT2D eigenvalue weighted by atomic mass is 16.7. The predicted molar refractivity (Wildman–Crippen MR) is 123 cm³/mol. The van der Waals surface area contributed by atoms with Crippen LogP contribution in [0.1, 0.15) is 43.7 Å². The van der Waals surface area contributed by atoms with Crippen molar-refractivity contribution in [1.82, 2.24) is 9.97 Å². The van der Waals surface area contributed by atoms with E-state index in [1.807, 2.05) is 48.5 Å². The highest BCUT2D eigenvalue weighted by Gasteiger charge is 2.42. The Hall–Kier alpha value is -3.87. The molecule has 7 nitrogen and oxygen atoms in total. The Kier molecular flexibility index (Phi) is 4.24. The largest absolute Gasteiger partial charge is 0.454 e. The standard InChI is InChI=1S/C26H23N3O4/c1-26(2)11-16-21(17(30)12-26)20(15-8-9-18-19(10-15)33-13-32-18)22-24(27-16)28-23(29-25(22)31)14-6-4-3-5-7-14/h3-10,20H,11-13H2,1-2H3,(H2,27,28,29,31)/t20-/m1/s1. The lowest BCUT2D eigenvalue weighted by Crippen LogP contribution is -2.37. The molecule has 3 heterocycles. The average Bonchev–Trinajstić information content (AvgIpc) is 3.25. The molecule has 166 valence electrons. The van der Waals surface area contributed by atoms with Gasteiger partial charge in [-0.15, -0.1) is 0 Å². The highest BCUT2D eigenvalue weighted by molar-refractivity contribution is 6.01. The van der Waals surface area contributed by atoms with Crippen LogP contribution in [-0.2, 0) is 4.79 Å². The molecule has 1 aromatic heterocycles. The number of hydrogen-bond acceptors (Lipinski definition) is 6. The molecule has 0 bridgehead atoms. The average molecular weight is 441 g/mol. The summed E-state index contributed by atoms with van der Waals surface area (Å²) in [5.74, 6) is 1.77. The van der Waals surface area contributed by atoms with E-state index in [-0.39, 0.29) is 23.6 Å². The molecule has 0 amide bonds. The van der Waals surface area contributed by atoms with E-state index in [9.17, 15) is 9.59 Å². The number of allylic oxidation sites excluding steroid dienone is 2. The molecule has 1 aliphatic carbocycles. The van der Waals surface area contributed by atoms with Crippen LogP contribution in [0.2, 0.25) is 0 Å². The van der Waals surface area contributed by atoms with Gasteiger partial charge < -0.3 is 19.8 Å². The number of carbonyl (C=O) groups is 1.